The van der Waals surface area contributed by atoms with Gasteiger partial charge in [0.1, 0.15) is 11.4 Å². The number of rotatable bonds is 6. The standard InChI is InChI=1S/C25H30ClNO3S/c1-5-6-14-30-24(29)21-16-31-23(18-8-7-9-20(26)15-18)27(21)22(28)17-10-12-19(13-11-17)25(2,3)4/h7-13,15,21,23H,5-6,14,16H2,1-4H3. The Labute approximate surface area is 194 Å². The van der Waals surface area contributed by atoms with Crippen molar-refractivity contribution in [1.29, 1.82) is 0 Å². The van der Waals surface area contributed by atoms with Crippen molar-refractivity contribution in [2.45, 2.75) is 57.4 Å². The Kier molecular flexibility index (Phi) is 7.71. The van der Waals surface area contributed by atoms with Crippen LogP contribution in [0.4, 0.5) is 0 Å². The minimum Gasteiger partial charge on any atom is -0.464 e. The molecular formula is C25H30ClNO3S. The van der Waals surface area contributed by atoms with Crippen LogP contribution in [0, 0.1) is 0 Å². The van der Waals surface area contributed by atoms with Crippen LogP contribution >= 0.6 is 23.4 Å². The first-order valence-electron chi connectivity index (χ1n) is 10.7. The highest BCUT2D eigenvalue weighted by Gasteiger charge is 2.43. The lowest BCUT2D eigenvalue weighted by molar-refractivity contribution is -0.148. The number of thioether (sulfide) groups is 1. The zero-order valence-corrected chi connectivity index (χ0v) is 20.1. The lowest BCUT2D eigenvalue weighted by Gasteiger charge is -2.29. The minimum absolute atomic E-state index is 0.0000155. The van der Waals surface area contributed by atoms with Crippen molar-refractivity contribution in [3.63, 3.8) is 0 Å². The van der Waals surface area contributed by atoms with Gasteiger partial charge in [0.05, 0.1) is 6.61 Å². The number of hydrogen-bond acceptors (Lipinski definition) is 4. The first-order valence-corrected chi connectivity index (χ1v) is 12.1. The summed E-state index contributed by atoms with van der Waals surface area (Å²) >= 11 is 7.77. The molecule has 0 radical (unpaired) electrons. The lowest BCUT2D eigenvalue weighted by Crippen LogP contribution is -2.44. The maximum Gasteiger partial charge on any atom is 0.329 e. The van der Waals surface area contributed by atoms with Crippen molar-refractivity contribution in [3.8, 4) is 0 Å². The Bertz CT molecular complexity index is 923. The molecule has 1 amide bonds. The number of esters is 1. The maximum absolute atomic E-state index is 13.6. The molecule has 1 aliphatic heterocycles. The van der Waals surface area contributed by atoms with E-state index >= 15 is 0 Å². The number of ether oxygens (including phenoxy) is 1. The zero-order valence-electron chi connectivity index (χ0n) is 18.6. The van der Waals surface area contributed by atoms with E-state index in [2.05, 4.69) is 20.8 Å². The van der Waals surface area contributed by atoms with Crippen LogP contribution in [-0.4, -0.2) is 35.2 Å². The molecule has 1 heterocycles. The molecule has 2 unspecified atom stereocenters. The molecule has 3 rings (SSSR count). The van der Waals surface area contributed by atoms with Crippen molar-refractivity contribution in [2.75, 3.05) is 12.4 Å². The molecule has 0 N–H and O–H groups in total. The molecule has 1 saturated heterocycles. The van der Waals surface area contributed by atoms with Gasteiger partial charge in [-0.3, -0.25) is 4.79 Å². The average molecular weight is 460 g/mol. The maximum atomic E-state index is 13.6. The number of carbonyl (C=O) groups is 2. The van der Waals surface area contributed by atoms with Crippen LogP contribution in [-0.2, 0) is 14.9 Å². The molecule has 0 aliphatic carbocycles. The smallest absolute Gasteiger partial charge is 0.329 e. The largest absolute Gasteiger partial charge is 0.464 e. The summed E-state index contributed by atoms with van der Waals surface area (Å²) in [5.74, 6) is -0.0217. The summed E-state index contributed by atoms with van der Waals surface area (Å²) in [6.07, 6.45) is 1.76. The van der Waals surface area contributed by atoms with Crippen LogP contribution < -0.4 is 0 Å². The number of hydrogen-bond donors (Lipinski definition) is 0. The molecule has 1 fully saturated rings. The van der Waals surface area contributed by atoms with E-state index in [0.717, 1.165) is 24.0 Å². The fourth-order valence-corrected chi connectivity index (χ4v) is 5.13. The first-order chi connectivity index (χ1) is 14.7. The topological polar surface area (TPSA) is 46.6 Å². The highest BCUT2D eigenvalue weighted by Crippen LogP contribution is 2.43. The quantitative estimate of drug-likeness (QED) is 0.379. The summed E-state index contributed by atoms with van der Waals surface area (Å²) in [5, 5.41) is 0.311. The summed E-state index contributed by atoms with van der Waals surface area (Å²) < 4.78 is 5.48. The average Bonchev–Trinajstić information content (AvgIpc) is 3.18. The number of amides is 1. The Hall–Kier alpha value is -1.98. The minimum atomic E-state index is -0.624. The van der Waals surface area contributed by atoms with Gasteiger partial charge in [-0.15, -0.1) is 11.8 Å². The van der Waals surface area contributed by atoms with E-state index in [1.54, 1.807) is 22.7 Å². The molecule has 2 aromatic carbocycles. The number of halogens is 1. The summed E-state index contributed by atoms with van der Waals surface area (Å²) in [5.41, 5.74) is 2.62. The zero-order chi connectivity index (χ0) is 22.6. The molecule has 6 heteroatoms. The Balaban J connectivity index is 1.91. The van der Waals surface area contributed by atoms with E-state index in [-0.39, 0.29) is 22.7 Å². The van der Waals surface area contributed by atoms with E-state index in [1.165, 1.54) is 0 Å². The van der Waals surface area contributed by atoms with Gasteiger partial charge in [-0.2, -0.15) is 0 Å². The second-order valence-electron chi connectivity index (χ2n) is 8.82. The summed E-state index contributed by atoms with van der Waals surface area (Å²) in [6, 6.07) is 14.5. The summed E-state index contributed by atoms with van der Waals surface area (Å²) in [6.45, 7) is 8.83. The van der Waals surface area contributed by atoms with Gasteiger partial charge in [0.15, 0.2) is 0 Å². The third-order valence-electron chi connectivity index (χ3n) is 5.38. The van der Waals surface area contributed by atoms with Gasteiger partial charge >= 0.3 is 5.97 Å². The third kappa shape index (κ3) is 5.64. The monoisotopic (exact) mass is 459 g/mol. The van der Waals surface area contributed by atoms with Gasteiger partial charge < -0.3 is 9.64 Å². The van der Waals surface area contributed by atoms with Crippen LogP contribution in [0.3, 0.4) is 0 Å². The van der Waals surface area contributed by atoms with Crippen molar-refractivity contribution in [2.24, 2.45) is 0 Å². The van der Waals surface area contributed by atoms with Crippen LogP contribution in [0.25, 0.3) is 0 Å². The molecule has 0 spiro atoms. The SMILES string of the molecule is CCCCOC(=O)C1CSC(c2cccc(Cl)c2)N1C(=O)c1ccc(C(C)(C)C)cc1. The highest BCUT2D eigenvalue weighted by atomic mass is 35.5. The van der Waals surface area contributed by atoms with Gasteiger partial charge in [0.25, 0.3) is 5.91 Å². The lowest BCUT2D eigenvalue weighted by atomic mass is 9.86. The van der Waals surface area contributed by atoms with Crippen molar-refractivity contribution in [1.82, 2.24) is 4.90 Å². The molecule has 31 heavy (non-hydrogen) atoms. The Morgan fingerprint density at radius 2 is 1.87 bits per heavy atom. The molecule has 166 valence electrons. The highest BCUT2D eigenvalue weighted by molar-refractivity contribution is 7.99. The van der Waals surface area contributed by atoms with E-state index in [1.807, 2.05) is 49.4 Å². The Morgan fingerprint density at radius 1 is 1.16 bits per heavy atom. The van der Waals surface area contributed by atoms with E-state index < -0.39 is 6.04 Å². The van der Waals surface area contributed by atoms with E-state index in [9.17, 15) is 9.59 Å². The normalized spacial score (nSPS) is 18.8. The van der Waals surface area contributed by atoms with E-state index in [4.69, 9.17) is 16.3 Å². The fourth-order valence-electron chi connectivity index (χ4n) is 3.53. The Morgan fingerprint density at radius 3 is 2.48 bits per heavy atom. The second kappa shape index (κ2) is 10.1. The first kappa shape index (κ1) is 23.7. The summed E-state index contributed by atoms with van der Waals surface area (Å²) in [4.78, 5) is 28.1. The predicted octanol–water partition coefficient (Wildman–Crippen LogP) is 6.24. The predicted molar refractivity (Wildman–Crippen MR) is 128 cm³/mol. The van der Waals surface area contributed by atoms with Gasteiger partial charge in [0, 0.05) is 16.3 Å². The van der Waals surface area contributed by atoms with Crippen LogP contribution in [0.1, 0.15) is 67.4 Å². The second-order valence-corrected chi connectivity index (χ2v) is 10.4. The van der Waals surface area contributed by atoms with Gasteiger partial charge in [-0.25, -0.2) is 4.79 Å². The van der Waals surface area contributed by atoms with Crippen LogP contribution in [0.2, 0.25) is 5.02 Å². The molecule has 2 atom stereocenters. The number of nitrogens with zero attached hydrogens (tertiary/aromatic N) is 1. The van der Waals surface area contributed by atoms with Gasteiger partial charge in [0.2, 0.25) is 0 Å². The number of unbranched alkanes of at least 4 members (excludes halogenated alkanes) is 1. The molecular weight excluding hydrogens is 430 g/mol. The third-order valence-corrected chi connectivity index (χ3v) is 6.94. The molecule has 0 bridgehead atoms. The fraction of sp³-hybridized carbons (Fsp3) is 0.440. The molecule has 1 aliphatic rings. The summed E-state index contributed by atoms with van der Waals surface area (Å²) in [7, 11) is 0. The van der Waals surface area contributed by atoms with Crippen molar-refractivity contribution in [3.05, 3.63) is 70.2 Å². The van der Waals surface area contributed by atoms with E-state index in [0.29, 0.717) is 22.9 Å². The van der Waals surface area contributed by atoms with Crippen LogP contribution in [0.5, 0.6) is 0 Å². The molecule has 0 saturated carbocycles. The molecule has 0 aromatic heterocycles. The van der Waals surface area contributed by atoms with Gasteiger partial charge in [-0.1, -0.05) is 70.0 Å². The van der Waals surface area contributed by atoms with Crippen molar-refractivity contribution >= 4 is 35.2 Å². The molecule has 4 nitrogen and oxygen atoms in total. The number of carbonyl (C=O) groups excluding carboxylic acids is 2. The van der Waals surface area contributed by atoms with Crippen LogP contribution in [0.15, 0.2) is 48.5 Å². The molecule has 2 aromatic rings. The van der Waals surface area contributed by atoms with Gasteiger partial charge in [-0.05, 0) is 47.2 Å². The number of benzene rings is 2. The van der Waals surface area contributed by atoms with Crippen molar-refractivity contribution < 1.29 is 14.3 Å².